The molecule has 3 nitrogen and oxygen atoms in total. The zero-order chi connectivity index (χ0) is 13.4. The van der Waals surface area contributed by atoms with Crippen LogP contribution in [0.25, 0.3) is 11.0 Å². The van der Waals surface area contributed by atoms with Gasteiger partial charge in [0, 0.05) is 23.0 Å². The maximum atomic E-state index is 5.96. The molecule has 104 valence electrons. The van der Waals surface area contributed by atoms with E-state index >= 15 is 0 Å². The third kappa shape index (κ3) is 2.90. The van der Waals surface area contributed by atoms with Crippen molar-refractivity contribution >= 4 is 55.5 Å². The van der Waals surface area contributed by atoms with Crippen molar-refractivity contribution in [2.24, 2.45) is 7.05 Å². The number of benzene rings is 2. The molecule has 0 saturated heterocycles. The van der Waals surface area contributed by atoms with Crippen LogP contribution in [0.1, 0.15) is 11.1 Å². The topological polar surface area (TPSA) is 30.7 Å². The summed E-state index contributed by atoms with van der Waals surface area (Å²) in [5.41, 5.74) is 4.34. The number of hydrogen-bond acceptors (Lipinski definition) is 2. The summed E-state index contributed by atoms with van der Waals surface area (Å²) in [5.74, 6) is 0. The standard InChI is InChI=1S/C14H11BrClN3.BrH/c1-19-13-4-2-3-10(14(13)17-18-19)7-9-5-6-11(16)8-12(9)15;/h2-6,8H,7H2,1H3;1H. The van der Waals surface area contributed by atoms with Crippen LogP contribution in [-0.2, 0) is 13.5 Å². The lowest BCUT2D eigenvalue weighted by atomic mass is 10.0. The van der Waals surface area contributed by atoms with Crippen LogP contribution in [0.2, 0.25) is 5.02 Å². The van der Waals surface area contributed by atoms with E-state index < -0.39 is 0 Å². The first-order valence-corrected chi connectivity index (χ1v) is 7.03. The highest BCUT2D eigenvalue weighted by Crippen LogP contribution is 2.26. The van der Waals surface area contributed by atoms with Gasteiger partial charge in [-0.15, -0.1) is 22.1 Å². The van der Waals surface area contributed by atoms with E-state index in [1.807, 2.05) is 37.4 Å². The van der Waals surface area contributed by atoms with Crippen LogP contribution in [0, 0.1) is 0 Å². The molecule has 0 atom stereocenters. The van der Waals surface area contributed by atoms with Crippen LogP contribution in [-0.4, -0.2) is 15.0 Å². The van der Waals surface area contributed by atoms with E-state index in [9.17, 15) is 0 Å². The number of rotatable bonds is 2. The molecule has 0 fully saturated rings. The molecule has 1 heterocycles. The molecule has 2 aromatic carbocycles. The van der Waals surface area contributed by atoms with E-state index in [-0.39, 0.29) is 17.0 Å². The lowest BCUT2D eigenvalue weighted by molar-refractivity contribution is 0.736. The molecule has 0 aliphatic heterocycles. The van der Waals surface area contributed by atoms with Crippen molar-refractivity contribution in [2.45, 2.75) is 6.42 Å². The Bertz CT molecular complexity index is 755. The quantitative estimate of drug-likeness (QED) is 0.612. The van der Waals surface area contributed by atoms with Crippen molar-refractivity contribution in [1.29, 1.82) is 0 Å². The highest BCUT2D eigenvalue weighted by atomic mass is 79.9. The molecule has 0 unspecified atom stereocenters. The monoisotopic (exact) mass is 415 g/mol. The van der Waals surface area contributed by atoms with Crippen LogP contribution < -0.4 is 0 Å². The van der Waals surface area contributed by atoms with Crippen LogP contribution in [0.3, 0.4) is 0 Å². The van der Waals surface area contributed by atoms with Gasteiger partial charge in [0.2, 0.25) is 0 Å². The molecule has 3 aromatic rings. The average Bonchev–Trinajstić information content (AvgIpc) is 2.76. The molecule has 0 aliphatic carbocycles. The summed E-state index contributed by atoms with van der Waals surface area (Å²) in [4.78, 5) is 0. The molecule has 20 heavy (non-hydrogen) atoms. The molecule has 0 bridgehead atoms. The Balaban J connectivity index is 0.00000147. The number of nitrogens with zero attached hydrogens (tertiary/aromatic N) is 3. The second kappa shape index (κ2) is 6.24. The molecule has 0 spiro atoms. The summed E-state index contributed by atoms with van der Waals surface area (Å²) in [6, 6.07) is 12.0. The third-order valence-corrected chi connectivity index (χ3v) is 4.10. The molecule has 0 amide bonds. The van der Waals surface area contributed by atoms with Gasteiger partial charge in [-0.3, -0.25) is 0 Å². The van der Waals surface area contributed by atoms with Crippen LogP contribution in [0.15, 0.2) is 40.9 Å². The van der Waals surface area contributed by atoms with Gasteiger partial charge in [-0.25, -0.2) is 4.68 Å². The Morgan fingerprint density at radius 3 is 2.75 bits per heavy atom. The average molecular weight is 418 g/mol. The first-order valence-electron chi connectivity index (χ1n) is 5.86. The third-order valence-electron chi connectivity index (χ3n) is 3.12. The van der Waals surface area contributed by atoms with Gasteiger partial charge in [0.05, 0.1) is 5.52 Å². The number of aryl methyl sites for hydroxylation is 1. The molecule has 0 N–H and O–H groups in total. The number of fused-ring (bicyclic) bond motifs is 1. The molecule has 0 radical (unpaired) electrons. The van der Waals surface area contributed by atoms with Crippen LogP contribution in [0.4, 0.5) is 0 Å². The second-order valence-electron chi connectivity index (χ2n) is 4.41. The molecule has 0 aliphatic rings. The summed E-state index contributed by atoms with van der Waals surface area (Å²) in [5, 5.41) is 9.03. The maximum absolute atomic E-state index is 5.96. The fourth-order valence-corrected chi connectivity index (χ4v) is 2.95. The van der Waals surface area contributed by atoms with Gasteiger partial charge in [0.15, 0.2) is 0 Å². The molecule has 6 heteroatoms. The number of halogens is 3. The van der Waals surface area contributed by atoms with Crippen molar-refractivity contribution in [3.8, 4) is 0 Å². The highest BCUT2D eigenvalue weighted by molar-refractivity contribution is 9.10. The Hall–Kier alpha value is -0.910. The second-order valence-corrected chi connectivity index (χ2v) is 5.70. The number of aromatic nitrogens is 3. The van der Waals surface area contributed by atoms with E-state index in [2.05, 4.69) is 32.3 Å². The molecular weight excluding hydrogens is 405 g/mol. The largest absolute Gasteiger partial charge is 0.248 e. The van der Waals surface area contributed by atoms with Gasteiger partial charge >= 0.3 is 0 Å². The van der Waals surface area contributed by atoms with Crippen molar-refractivity contribution in [1.82, 2.24) is 15.0 Å². The Morgan fingerprint density at radius 1 is 1.20 bits per heavy atom. The summed E-state index contributed by atoms with van der Waals surface area (Å²) >= 11 is 9.51. The van der Waals surface area contributed by atoms with Crippen molar-refractivity contribution in [3.05, 3.63) is 57.0 Å². The van der Waals surface area contributed by atoms with Crippen LogP contribution >= 0.6 is 44.5 Å². The summed E-state index contributed by atoms with van der Waals surface area (Å²) < 4.78 is 2.80. The summed E-state index contributed by atoms with van der Waals surface area (Å²) in [6.45, 7) is 0. The van der Waals surface area contributed by atoms with E-state index in [0.29, 0.717) is 0 Å². The van der Waals surface area contributed by atoms with E-state index in [0.717, 1.165) is 32.5 Å². The van der Waals surface area contributed by atoms with Crippen molar-refractivity contribution in [2.75, 3.05) is 0 Å². The van der Waals surface area contributed by atoms with Gasteiger partial charge in [-0.1, -0.05) is 50.9 Å². The van der Waals surface area contributed by atoms with Crippen LogP contribution in [0.5, 0.6) is 0 Å². The SMILES string of the molecule is Br.Cn1nnc2c(Cc3ccc(Cl)cc3Br)cccc21. The zero-order valence-electron chi connectivity index (χ0n) is 10.7. The fraction of sp³-hybridized carbons (Fsp3) is 0.143. The number of hydrogen-bond donors (Lipinski definition) is 0. The summed E-state index contributed by atoms with van der Waals surface area (Å²) in [7, 11) is 1.90. The van der Waals surface area contributed by atoms with E-state index in [1.54, 1.807) is 4.68 Å². The first kappa shape index (κ1) is 15.5. The highest BCUT2D eigenvalue weighted by Gasteiger charge is 2.09. The Morgan fingerprint density at radius 2 is 2.00 bits per heavy atom. The molecule has 3 rings (SSSR count). The van der Waals surface area contributed by atoms with Gasteiger partial charge in [0.25, 0.3) is 0 Å². The van der Waals surface area contributed by atoms with Gasteiger partial charge in [-0.05, 0) is 29.3 Å². The van der Waals surface area contributed by atoms with E-state index in [4.69, 9.17) is 11.6 Å². The van der Waals surface area contributed by atoms with Gasteiger partial charge < -0.3 is 0 Å². The smallest absolute Gasteiger partial charge is 0.116 e. The van der Waals surface area contributed by atoms with Crippen molar-refractivity contribution < 1.29 is 0 Å². The summed E-state index contributed by atoms with van der Waals surface area (Å²) in [6.07, 6.45) is 0.799. The molecule has 1 aromatic heterocycles. The molecule has 0 saturated carbocycles. The maximum Gasteiger partial charge on any atom is 0.116 e. The lowest BCUT2D eigenvalue weighted by Gasteiger charge is -2.06. The fourth-order valence-electron chi connectivity index (χ4n) is 2.13. The van der Waals surface area contributed by atoms with Gasteiger partial charge in [-0.2, -0.15) is 0 Å². The predicted molar refractivity (Wildman–Crippen MR) is 90.8 cm³/mol. The predicted octanol–water partition coefficient (Wildman–Crippen LogP) is 4.55. The minimum atomic E-state index is 0. The zero-order valence-corrected chi connectivity index (χ0v) is 14.7. The van der Waals surface area contributed by atoms with Crippen molar-refractivity contribution in [3.63, 3.8) is 0 Å². The minimum absolute atomic E-state index is 0. The normalized spacial score (nSPS) is 10.6. The Kier molecular flexibility index (Phi) is 4.83. The Labute approximate surface area is 140 Å². The minimum Gasteiger partial charge on any atom is -0.248 e. The van der Waals surface area contributed by atoms with Gasteiger partial charge in [0.1, 0.15) is 5.52 Å². The lowest BCUT2D eigenvalue weighted by Crippen LogP contribution is -1.92. The molecular formula is C14H12Br2ClN3. The first-order chi connectivity index (χ1) is 9.15. The van der Waals surface area contributed by atoms with E-state index in [1.165, 1.54) is 5.56 Å².